The molecule has 0 radical (unpaired) electrons. The molecule has 1 aromatic heterocycles. The van der Waals surface area contributed by atoms with Crippen LogP contribution in [-0.4, -0.2) is 64.8 Å². The summed E-state index contributed by atoms with van der Waals surface area (Å²) in [5.41, 5.74) is 0. The summed E-state index contributed by atoms with van der Waals surface area (Å²) in [6, 6.07) is 0. The van der Waals surface area contributed by atoms with Gasteiger partial charge >= 0.3 is 0 Å². The van der Waals surface area contributed by atoms with E-state index in [9.17, 15) is 4.79 Å². The van der Waals surface area contributed by atoms with Gasteiger partial charge in [0.2, 0.25) is 5.91 Å². The summed E-state index contributed by atoms with van der Waals surface area (Å²) in [5, 5.41) is 8.85. The Morgan fingerprint density at radius 2 is 2.17 bits per heavy atom. The van der Waals surface area contributed by atoms with Crippen LogP contribution in [0.5, 0.6) is 0 Å². The standard InChI is InChI=1S/C17H29N5O2/c1-11(2)16-18-17(20-19-16)14-10-22(9-13(14)12-5-6-12)8-7-15(23)21(3)24-4/h11-14H,5-10H2,1-4H3,(H,18,19,20)/t13-,14+/m0/s1. The molecule has 2 fully saturated rings. The first-order valence-corrected chi connectivity index (χ1v) is 8.94. The monoisotopic (exact) mass is 335 g/mol. The first kappa shape index (κ1) is 17.4. The molecule has 0 unspecified atom stereocenters. The third kappa shape index (κ3) is 3.78. The first-order chi connectivity index (χ1) is 11.5. The number of nitrogens with one attached hydrogen (secondary N) is 1. The number of amides is 1. The summed E-state index contributed by atoms with van der Waals surface area (Å²) >= 11 is 0. The molecule has 7 heteroatoms. The fourth-order valence-corrected chi connectivity index (χ4v) is 3.61. The van der Waals surface area contributed by atoms with Gasteiger partial charge in [-0.05, 0) is 24.7 Å². The van der Waals surface area contributed by atoms with Crippen LogP contribution < -0.4 is 0 Å². The van der Waals surface area contributed by atoms with Gasteiger partial charge in [-0.25, -0.2) is 10.0 Å². The summed E-state index contributed by atoms with van der Waals surface area (Å²) in [5.74, 6) is 4.14. The molecular weight excluding hydrogens is 306 g/mol. The highest BCUT2D eigenvalue weighted by atomic mass is 16.7. The van der Waals surface area contributed by atoms with E-state index in [2.05, 4.69) is 28.9 Å². The van der Waals surface area contributed by atoms with Crippen molar-refractivity contribution in [2.24, 2.45) is 11.8 Å². The Kier molecular flexibility index (Phi) is 5.20. The molecule has 0 spiro atoms. The minimum Gasteiger partial charge on any atom is -0.302 e. The number of likely N-dealkylation sites (tertiary alicyclic amines) is 1. The van der Waals surface area contributed by atoms with Crippen LogP contribution in [0.1, 0.15) is 56.6 Å². The van der Waals surface area contributed by atoms with E-state index >= 15 is 0 Å². The highest BCUT2D eigenvalue weighted by Gasteiger charge is 2.44. The van der Waals surface area contributed by atoms with Crippen molar-refractivity contribution in [2.75, 3.05) is 33.8 Å². The summed E-state index contributed by atoms with van der Waals surface area (Å²) in [6.45, 7) is 7.01. The van der Waals surface area contributed by atoms with Gasteiger partial charge in [0.1, 0.15) is 5.82 Å². The number of rotatable bonds is 7. The maximum absolute atomic E-state index is 11.9. The highest BCUT2D eigenvalue weighted by molar-refractivity contribution is 5.74. The maximum Gasteiger partial charge on any atom is 0.247 e. The fourth-order valence-electron chi connectivity index (χ4n) is 3.61. The van der Waals surface area contributed by atoms with E-state index in [0.29, 0.717) is 24.2 Å². The number of carbonyl (C=O) groups is 1. The molecule has 24 heavy (non-hydrogen) atoms. The van der Waals surface area contributed by atoms with Crippen molar-refractivity contribution < 1.29 is 9.63 Å². The van der Waals surface area contributed by atoms with Gasteiger partial charge in [-0.3, -0.25) is 14.7 Å². The Morgan fingerprint density at radius 1 is 1.42 bits per heavy atom. The Bertz CT molecular complexity index is 569. The van der Waals surface area contributed by atoms with Crippen LogP contribution in [0.15, 0.2) is 0 Å². The van der Waals surface area contributed by atoms with Crippen molar-refractivity contribution in [3.63, 3.8) is 0 Å². The van der Waals surface area contributed by atoms with Gasteiger partial charge in [0, 0.05) is 44.9 Å². The molecule has 0 bridgehead atoms. The van der Waals surface area contributed by atoms with E-state index in [4.69, 9.17) is 9.82 Å². The van der Waals surface area contributed by atoms with Crippen molar-refractivity contribution in [3.05, 3.63) is 11.6 Å². The SMILES string of the molecule is CON(C)C(=O)CCN1C[C@@H](c2nc(C(C)C)n[nH]2)[C@H](C2CC2)C1. The summed E-state index contributed by atoms with van der Waals surface area (Å²) in [7, 11) is 3.17. The second-order valence-corrected chi connectivity index (χ2v) is 7.42. The quantitative estimate of drug-likeness (QED) is 0.769. The molecule has 7 nitrogen and oxygen atoms in total. The van der Waals surface area contributed by atoms with Gasteiger partial charge in [-0.2, -0.15) is 5.10 Å². The number of nitrogens with zero attached hydrogens (tertiary/aromatic N) is 4. The predicted molar refractivity (Wildman–Crippen MR) is 90.3 cm³/mol. The fraction of sp³-hybridized carbons (Fsp3) is 0.824. The molecule has 1 saturated carbocycles. The predicted octanol–water partition coefficient (Wildman–Crippen LogP) is 1.76. The molecule has 1 aliphatic carbocycles. The molecule has 134 valence electrons. The number of H-pyrrole nitrogens is 1. The van der Waals surface area contributed by atoms with Crippen molar-refractivity contribution in [1.29, 1.82) is 0 Å². The van der Waals surface area contributed by atoms with Gasteiger partial charge in [0.15, 0.2) is 5.82 Å². The number of carbonyl (C=O) groups excluding carboxylic acids is 1. The van der Waals surface area contributed by atoms with E-state index in [1.165, 1.54) is 25.0 Å². The zero-order chi connectivity index (χ0) is 17.3. The van der Waals surface area contributed by atoms with Gasteiger partial charge in [0.25, 0.3) is 0 Å². The molecule has 1 N–H and O–H groups in total. The largest absolute Gasteiger partial charge is 0.302 e. The molecule has 1 aromatic rings. The van der Waals surface area contributed by atoms with Gasteiger partial charge in [-0.1, -0.05) is 13.8 Å². The molecule has 1 amide bonds. The number of aromatic amines is 1. The molecule has 2 heterocycles. The molecule has 3 rings (SSSR count). The van der Waals surface area contributed by atoms with Crippen LogP contribution >= 0.6 is 0 Å². The first-order valence-electron chi connectivity index (χ1n) is 8.94. The van der Waals surface area contributed by atoms with E-state index < -0.39 is 0 Å². The smallest absolute Gasteiger partial charge is 0.247 e. The minimum atomic E-state index is 0.0191. The van der Waals surface area contributed by atoms with Gasteiger partial charge < -0.3 is 4.90 Å². The Morgan fingerprint density at radius 3 is 2.75 bits per heavy atom. The second-order valence-electron chi connectivity index (χ2n) is 7.42. The lowest BCUT2D eigenvalue weighted by Gasteiger charge is -2.18. The average Bonchev–Trinajstić information content (AvgIpc) is 3.13. The Hall–Kier alpha value is -1.47. The summed E-state index contributed by atoms with van der Waals surface area (Å²) < 4.78 is 0. The lowest BCUT2D eigenvalue weighted by atomic mass is 9.91. The molecule has 0 aromatic carbocycles. The molecule has 2 aliphatic rings. The third-order valence-corrected chi connectivity index (χ3v) is 5.32. The van der Waals surface area contributed by atoms with Gasteiger partial charge in [-0.15, -0.1) is 0 Å². The van der Waals surface area contributed by atoms with E-state index in [1.54, 1.807) is 7.05 Å². The minimum absolute atomic E-state index is 0.0191. The van der Waals surface area contributed by atoms with Crippen LogP contribution in [-0.2, 0) is 9.63 Å². The van der Waals surface area contributed by atoms with E-state index in [-0.39, 0.29) is 5.91 Å². The number of hydrogen-bond donors (Lipinski definition) is 1. The van der Waals surface area contributed by atoms with Crippen molar-refractivity contribution in [3.8, 4) is 0 Å². The molecular formula is C17H29N5O2. The number of hydroxylamine groups is 2. The summed E-state index contributed by atoms with van der Waals surface area (Å²) in [4.78, 5) is 24.0. The molecule has 1 aliphatic heterocycles. The van der Waals surface area contributed by atoms with Crippen molar-refractivity contribution >= 4 is 5.91 Å². The maximum atomic E-state index is 11.9. The normalized spacial score (nSPS) is 24.7. The molecule has 1 saturated heterocycles. The van der Waals surface area contributed by atoms with Crippen molar-refractivity contribution in [2.45, 2.75) is 44.9 Å². The average molecular weight is 335 g/mol. The summed E-state index contributed by atoms with van der Waals surface area (Å²) in [6.07, 6.45) is 3.14. The number of hydrogen-bond acceptors (Lipinski definition) is 5. The van der Waals surface area contributed by atoms with Crippen molar-refractivity contribution in [1.82, 2.24) is 25.1 Å². The van der Waals surface area contributed by atoms with Gasteiger partial charge in [0.05, 0.1) is 7.11 Å². The second kappa shape index (κ2) is 7.19. The molecule has 2 atom stereocenters. The lowest BCUT2D eigenvalue weighted by Crippen LogP contribution is -2.31. The Balaban J connectivity index is 1.62. The van der Waals surface area contributed by atoms with Crippen LogP contribution in [0.25, 0.3) is 0 Å². The van der Waals surface area contributed by atoms with Crippen LogP contribution in [0.3, 0.4) is 0 Å². The number of aromatic nitrogens is 3. The zero-order valence-electron chi connectivity index (χ0n) is 15.2. The highest BCUT2D eigenvalue weighted by Crippen LogP contribution is 2.47. The zero-order valence-corrected chi connectivity index (χ0v) is 15.2. The lowest BCUT2D eigenvalue weighted by molar-refractivity contribution is -0.168. The third-order valence-electron chi connectivity index (χ3n) is 5.32. The topological polar surface area (TPSA) is 74.3 Å². The van der Waals surface area contributed by atoms with E-state index in [1.807, 2.05) is 0 Å². The Labute approximate surface area is 143 Å². The van der Waals surface area contributed by atoms with Crippen LogP contribution in [0, 0.1) is 11.8 Å². The van der Waals surface area contributed by atoms with Crippen LogP contribution in [0.2, 0.25) is 0 Å². The van der Waals surface area contributed by atoms with E-state index in [0.717, 1.165) is 37.2 Å². The van der Waals surface area contributed by atoms with Crippen LogP contribution in [0.4, 0.5) is 0 Å².